The van der Waals surface area contributed by atoms with Gasteiger partial charge in [-0.2, -0.15) is 0 Å². The average molecular weight is 371 g/mol. The fourth-order valence-electron chi connectivity index (χ4n) is 5.49. The smallest absolute Gasteiger partial charge is 0.226 e. The Labute approximate surface area is 163 Å². The Kier molecular flexibility index (Phi) is 5.84. The molecule has 4 rings (SSSR count). The highest BCUT2D eigenvalue weighted by Gasteiger charge is 2.51. The van der Waals surface area contributed by atoms with E-state index in [2.05, 4.69) is 47.5 Å². The number of amides is 1. The maximum atomic E-state index is 13.6. The summed E-state index contributed by atoms with van der Waals surface area (Å²) >= 11 is 0. The average Bonchev–Trinajstić information content (AvgIpc) is 2.94. The zero-order chi connectivity index (χ0) is 18.7. The van der Waals surface area contributed by atoms with Crippen LogP contribution in [-0.2, 0) is 16.0 Å². The summed E-state index contributed by atoms with van der Waals surface area (Å²) in [5, 5.41) is 3.84. The quantitative estimate of drug-likeness (QED) is 0.885. The maximum absolute atomic E-state index is 13.6. The predicted octanol–water partition coefficient (Wildman–Crippen LogP) is 3.55. The van der Waals surface area contributed by atoms with Gasteiger partial charge in [-0.15, -0.1) is 0 Å². The molecule has 0 aliphatic carbocycles. The van der Waals surface area contributed by atoms with E-state index in [0.29, 0.717) is 18.0 Å². The predicted molar refractivity (Wildman–Crippen MR) is 108 cm³/mol. The molecule has 3 aliphatic rings. The zero-order valence-corrected chi connectivity index (χ0v) is 16.7. The second-order valence-electron chi connectivity index (χ2n) is 8.89. The van der Waals surface area contributed by atoms with E-state index >= 15 is 0 Å². The Hall–Kier alpha value is -1.39. The van der Waals surface area contributed by atoms with Gasteiger partial charge in [0.2, 0.25) is 5.91 Å². The van der Waals surface area contributed by atoms with Crippen molar-refractivity contribution < 1.29 is 9.53 Å². The molecule has 0 unspecified atom stereocenters. The molecule has 0 saturated carbocycles. The standard InChI is InChI=1S/C23H34N2O2/c1-23-17-20(16-18-8-4-2-5-9-18)25(21(23)10-6-3-7-13-24-23)22(26)19-11-14-27-15-12-19/h2,4-5,8-9,19-21,24H,3,6-7,10-17H2,1H3/t20-,21+,23+/m1/s1. The van der Waals surface area contributed by atoms with Crippen molar-refractivity contribution in [3.8, 4) is 0 Å². The van der Waals surface area contributed by atoms with Gasteiger partial charge in [0.25, 0.3) is 0 Å². The molecule has 1 aromatic rings. The number of nitrogens with one attached hydrogen (secondary N) is 1. The Morgan fingerprint density at radius 2 is 1.93 bits per heavy atom. The topological polar surface area (TPSA) is 41.6 Å². The third-order valence-corrected chi connectivity index (χ3v) is 6.95. The molecule has 4 heteroatoms. The van der Waals surface area contributed by atoms with Crippen LogP contribution in [0.1, 0.15) is 57.4 Å². The third kappa shape index (κ3) is 4.07. The first kappa shape index (κ1) is 18.9. The highest BCUT2D eigenvalue weighted by molar-refractivity contribution is 5.80. The van der Waals surface area contributed by atoms with Crippen molar-refractivity contribution >= 4 is 5.91 Å². The SMILES string of the molecule is C[C@]12C[C@@H](Cc3ccccc3)N(C(=O)C3CCOCC3)[C@H]1CCCCCN2. The minimum Gasteiger partial charge on any atom is -0.381 e. The van der Waals surface area contributed by atoms with Crippen LogP contribution in [0.4, 0.5) is 0 Å². The Balaban J connectivity index is 1.61. The van der Waals surface area contributed by atoms with Crippen molar-refractivity contribution in [2.24, 2.45) is 5.92 Å². The molecule has 27 heavy (non-hydrogen) atoms. The number of hydrogen-bond acceptors (Lipinski definition) is 3. The van der Waals surface area contributed by atoms with E-state index in [9.17, 15) is 4.79 Å². The van der Waals surface area contributed by atoms with E-state index in [1.165, 1.54) is 24.8 Å². The number of ether oxygens (including phenoxy) is 1. The number of carbonyl (C=O) groups is 1. The van der Waals surface area contributed by atoms with Gasteiger partial charge >= 0.3 is 0 Å². The normalized spacial score (nSPS) is 32.6. The molecule has 3 aliphatic heterocycles. The van der Waals surface area contributed by atoms with E-state index in [-0.39, 0.29) is 11.5 Å². The molecule has 3 atom stereocenters. The maximum Gasteiger partial charge on any atom is 0.226 e. The van der Waals surface area contributed by atoms with Crippen molar-refractivity contribution in [2.45, 2.75) is 75.9 Å². The van der Waals surface area contributed by atoms with Crippen molar-refractivity contribution in [3.05, 3.63) is 35.9 Å². The minimum atomic E-state index is 0.0424. The number of hydrogen-bond donors (Lipinski definition) is 1. The minimum absolute atomic E-state index is 0.0424. The van der Waals surface area contributed by atoms with Crippen LogP contribution in [0.25, 0.3) is 0 Å². The second-order valence-corrected chi connectivity index (χ2v) is 8.89. The monoisotopic (exact) mass is 370 g/mol. The van der Waals surface area contributed by atoms with E-state index < -0.39 is 0 Å². The molecule has 1 amide bonds. The molecule has 3 heterocycles. The molecule has 1 N–H and O–H groups in total. The van der Waals surface area contributed by atoms with Gasteiger partial charge in [0.1, 0.15) is 0 Å². The zero-order valence-electron chi connectivity index (χ0n) is 16.7. The largest absolute Gasteiger partial charge is 0.381 e. The number of benzene rings is 1. The Morgan fingerprint density at radius 3 is 2.70 bits per heavy atom. The molecule has 3 fully saturated rings. The summed E-state index contributed by atoms with van der Waals surface area (Å²) in [5.74, 6) is 0.528. The summed E-state index contributed by atoms with van der Waals surface area (Å²) in [7, 11) is 0. The molecule has 3 saturated heterocycles. The molecule has 148 valence electrons. The number of likely N-dealkylation sites (tertiary alicyclic amines) is 1. The summed E-state index contributed by atoms with van der Waals surface area (Å²) in [6, 6.07) is 11.3. The van der Waals surface area contributed by atoms with Crippen molar-refractivity contribution in [1.29, 1.82) is 0 Å². The molecule has 0 bridgehead atoms. The van der Waals surface area contributed by atoms with Crippen LogP contribution in [0.2, 0.25) is 0 Å². The van der Waals surface area contributed by atoms with E-state index in [0.717, 1.165) is 51.9 Å². The van der Waals surface area contributed by atoms with Gasteiger partial charge in [0.15, 0.2) is 0 Å². The second kappa shape index (κ2) is 8.32. The summed E-state index contributed by atoms with van der Waals surface area (Å²) in [5.41, 5.74) is 1.38. The van der Waals surface area contributed by atoms with Gasteiger partial charge in [-0.3, -0.25) is 4.79 Å². The summed E-state index contributed by atoms with van der Waals surface area (Å²) in [4.78, 5) is 16.0. The first-order valence-electron chi connectivity index (χ1n) is 10.9. The summed E-state index contributed by atoms with van der Waals surface area (Å²) in [6.07, 6.45) is 8.66. The fourth-order valence-corrected chi connectivity index (χ4v) is 5.49. The molecule has 1 aromatic carbocycles. The van der Waals surface area contributed by atoms with Crippen molar-refractivity contribution in [1.82, 2.24) is 10.2 Å². The lowest BCUT2D eigenvalue weighted by molar-refractivity contribution is -0.142. The number of rotatable bonds is 3. The van der Waals surface area contributed by atoms with Gasteiger partial charge in [-0.05, 0) is 57.6 Å². The van der Waals surface area contributed by atoms with E-state index in [1.54, 1.807) is 0 Å². The Morgan fingerprint density at radius 1 is 1.15 bits per heavy atom. The van der Waals surface area contributed by atoms with Gasteiger partial charge in [0.05, 0.1) is 0 Å². The van der Waals surface area contributed by atoms with Crippen LogP contribution in [0.5, 0.6) is 0 Å². The van der Waals surface area contributed by atoms with E-state index in [4.69, 9.17) is 4.74 Å². The lowest BCUT2D eigenvalue weighted by Crippen LogP contribution is -2.56. The molecule has 4 nitrogen and oxygen atoms in total. The molecule has 0 radical (unpaired) electrons. The molecule has 0 aromatic heterocycles. The summed E-state index contributed by atoms with van der Waals surface area (Å²) < 4.78 is 5.51. The Bertz CT molecular complexity index is 629. The first-order chi connectivity index (χ1) is 13.2. The highest BCUT2D eigenvalue weighted by Crippen LogP contribution is 2.40. The fraction of sp³-hybridized carbons (Fsp3) is 0.696. The lowest BCUT2D eigenvalue weighted by atomic mass is 9.85. The van der Waals surface area contributed by atoms with Gasteiger partial charge in [-0.1, -0.05) is 43.2 Å². The highest BCUT2D eigenvalue weighted by atomic mass is 16.5. The molecular weight excluding hydrogens is 336 g/mol. The van der Waals surface area contributed by atoms with E-state index in [1.807, 2.05) is 0 Å². The lowest BCUT2D eigenvalue weighted by Gasteiger charge is -2.40. The van der Waals surface area contributed by atoms with Crippen LogP contribution in [0, 0.1) is 5.92 Å². The molecular formula is C23H34N2O2. The van der Waals surface area contributed by atoms with Gasteiger partial charge in [0, 0.05) is 36.8 Å². The van der Waals surface area contributed by atoms with Gasteiger partial charge < -0.3 is 15.0 Å². The first-order valence-corrected chi connectivity index (χ1v) is 10.9. The number of carbonyl (C=O) groups excluding carboxylic acids is 1. The summed E-state index contributed by atoms with van der Waals surface area (Å²) in [6.45, 7) is 4.89. The van der Waals surface area contributed by atoms with Crippen molar-refractivity contribution in [3.63, 3.8) is 0 Å². The third-order valence-electron chi connectivity index (χ3n) is 6.95. The van der Waals surface area contributed by atoms with Crippen LogP contribution in [0.3, 0.4) is 0 Å². The van der Waals surface area contributed by atoms with Crippen LogP contribution >= 0.6 is 0 Å². The van der Waals surface area contributed by atoms with Crippen molar-refractivity contribution in [2.75, 3.05) is 19.8 Å². The van der Waals surface area contributed by atoms with Gasteiger partial charge in [-0.25, -0.2) is 0 Å². The van der Waals surface area contributed by atoms with Crippen LogP contribution in [-0.4, -0.2) is 48.2 Å². The number of fused-ring (bicyclic) bond motifs is 1. The van der Waals surface area contributed by atoms with Crippen LogP contribution in [0.15, 0.2) is 30.3 Å². The molecule has 0 spiro atoms. The number of nitrogens with zero attached hydrogens (tertiary/aromatic N) is 1. The van der Waals surface area contributed by atoms with Crippen LogP contribution < -0.4 is 5.32 Å².